The second kappa shape index (κ2) is 4.01. The molecule has 1 atom stereocenters. The molecule has 0 saturated carbocycles. The molecule has 0 saturated heterocycles. The monoisotopic (exact) mass is 240 g/mol. The Balaban J connectivity index is 3.18. The zero-order valence-electron chi connectivity index (χ0n) is 7.27. The zero-order valence-corrected chi connectivity index (χ0v) is 8.78. The van der Waals surface area contributed by atoms with E-state index in [9.17, 15) is 13.9 Å². The molecule has 14 heavy (non-hydrogen) atoms. The fraction of sp³-hybridized carbons (Fsp3) is 0.333. The number of rotatable bonds is 2. The van der Waals surface area contributed by atoms with Crippen molar-refractivity contribution in [2.24, 2.45) is 0 Å². The van der Waals surface area contributed by atoms with Crippen molar-refractivity contribution >= 4 is 23.2 Å². The van der Waals surface area contributed by atoms with E-state index in [2.05, 4.69) is 0 Å². The topological polar surface area (TPSA) is 20.2 Å². The summed E-state index contributed by atoms with van der Waals surface area (Å²) in [4.78, 5) is -1.16. The fourth-order valence-electron chi connectivity index (χ4n) is 0.972. The molecule has 0 heterocycles. The molecule has 0 aromatic heterocycles. The zero-order chi connectivity index (χ0) is 10.9. The van der Waals surface area contributed by atoms with Crippen LogP contribution in [0, 0.1) is 11.6 Å². The van der Waals surface area contributed by atoms with Crippen LogP contribution in [0.4, 0.5) is 8.78 Å². The molecule has 1 unspecified atom stereocenters. The maximum Gasteiger partial charge on any atom is 0.140 e. The minimum Gasteiger partial charge on any atom is -0.383 e. The first-order valence-corrected chi connectivity index (χ1v) is 4.68. The molecule has 0 bridgehead atoms. The molecule has 1 aromatic rings. The highest BCUT2D eigenvalue weighted by atomic mass is 35.5. The molecule has 78 valence electrons. The van der Waals surface area contributed by atoms with Crippen molar-refractivity contribution in [2.45, 2.75) is 17.4 Å². The number of aliphatic hydroxyl groups is 1. The van der Waals surface area contributed by atoms with Crippen LogP contribution in [0.5, 0.6) is 0 Å². The average molecular weight is 241 g/mol. The van der Waals surface area contributed by atoms with Gasteiger partial charge in [-0.15, -0.1) is 23.2 Å². The van der Waals surface area contributed by atoms with Crippen LogP contribution in [0.3, 0.4) is 0 Å². The van der Waals surface area contributed by atoms with Crippen LogP contribution in [0.25, 0.3) is 0 Å². The third kappa shape index (κ3) is 2.35. The lowest BCUT2D eigenvalue weighted by Gasteiger charge is -2.24. The van der Waals surface area contributed by atoms with Gasteiger partial charge in [-0.05, 0) is 24.6 Å². The van der Waals surface area contributed by atoms with E-state index in [1.54, 1.807) is 0 Å². The highest BCUT2D eigenvalue weighted by Crippen LogP contribution is 2.31. The summed E-state index contributed by atoms with van der Waals surface area (Å²) in [6.45, 7) is 1.28. The molecule has 0 spiro atoms. The van der Waals surface area contributed by atoms with Gasteiger partial charge in [0, 0.05) is 6.07 Å². The number of hydrogen-bond acceptors (Lipinski definition) is 1. The fourth-order valence-corrected chi connectivity index (χ4v) is 1.22. The predicted octanol–water partition coefficient (Wildman–Crippen LogP) is 2.98. The minimum absolute atomic E-state index is 0.00463. The standard InChI is InChI=1S/C9H8Cl2F2O/c1-9(14,8(10)11)5-2-6(12)4-7(13)3-5/h2-4,8,14H,1H3. The van der Waals surface area contributed by atoms with Gasteiger partial charge < -0.3 is 5.11 Å². The van der Waals surface area contributed by atoms with Gasteiger partial charge in [0.15, 0.2) is 0 Å². The molecule has 0 fully saturated rings. The molecular formula is C9H8Cl2F2O. The average Bonchev–Trinajstić information content (AvgIpc) is 2.01. The van der Waals surface area contributed by atoms with Crippen LogP contribution in [0.15, 0.2) is 18.2 Å². The van der Waals surface area contributed by atoms with Gasteiger partial charge in [-0.25, -0.2) is 8.78 Å². The Morgan fingerprint density at radius 2 is 1.64 bits per heavy atom. The van der Waals surface area contributed by atoms with Crippen molar-refractivity contribution in [1.82, 2.24) is 0 Å². The van der Waals surface area contributed by atoms with Crippen molar-refractivity contribution in [3.8, 4) is 0 Å². The smallest absolute Gasteiger partial charge is 0.140 e. The Labute approximate surface area is 90.3 Å². The summed E-state index contributed by atoms with van der Waals surface area (Å²) in [6, 6.07) is 2.68. The predicted molar refractivity (Wildman–Crippen MR) is 51.4 cm³/mol. The highest BCUT2D eigenvalue weighted by Gasteiger charge is 2.31. The maximum atomic E-state index is 12.8. The lowest BCUT2D eigenvalue weighted by atomic mass is 9.98. The maximum absolute atomic E-state index is 12.8. The van der Waals surface area contributed by atoms with Gasteiger partial charge in [-0.2, -0.15) is 0 Å². The molecule has 5 heteroatoms. The summed E-state index contributed by atoms with van der Waals surface area (Å²) in [7, 11) is 0. The van der Waals surface area contributed by atoms with Crippen LogP contribution in [-0.4, -0.2) is 9.94 Å². The van der Waals surface area contributed by atoms with E-state index in [-0.39, 0.29) is 5.56 Å². The summed E-state index contributed by atoms with van der Waals surface area (Å²) in [5.74, 6) is -1.57. The van der Waals surface area contributed by atoms with Gasteiger partial charge >= 0.3 is 0 Å². The number of halogens is 4. The van der Waals surface area contributed by atoms with Crippen LogP contribution >= 0.6 is 23.2 Å². The molecule has 1 nitrogen and oxygen atoms in total. The summed E-state index contributed by atoms with van der Waals surface area (Å²) in [5, 5.41) is 9.71. The van der Waals surface area contributed by atoms with E-state index in [0.717, 1.165) is 12.1 Å². The molecule has 1 aromatic carbocycles. The molecule has 0 aliphatic rings. The summed E-state index contributed by atoms with van der Waals surface area (Å²) in [6.07, 6.45) is 0. The van der Waals surface area contributed by atoms with E-state index in [1.165, 1.54) is 6.92 Å². The number of alkyl halides is 2. The van der Waals surface area contributed by atoms with Crippen LogP contribution in [0.2, 0.25) is 0 Å². The quantitative estimate of drug-likeness (QED) is 0.789. The third-order valence-electron chi connectivity index (χ3n) is 1.87. The molecule has 0 radical (unpaired) electrons. The van der Waals surface area contributed by atoms with E-state index in [1.807, 2.05) is 0 Å². The Morgan fingerprint density at radius 3 is 2.00 bits per heavy atom. The van der Waals surface area contributed by atoms with Gasteiger partial charge in [0.25, 0.3) is 0 Å². The van der Waals surface area contributed by atoms with E-state index >= 15 is 0 Å². The van der Waals surface area contributed by atoms with Gasteiger partial charge in [-0.1, -0.05) is 0 Å². The van der Waals surface area contributed by atoms with E-state index in [0.29, 0.717) is 6.07 Å². The molecule has 0 aliphatic carbocycles. The van der Waals surface area contributed by atoms with Crippen LogP contribution < -0.4 is 0 Å². The van der Waals surface area contributed by atoms with Crippen molar-refractivity contribution < 1.29 is 13.9 Å². The largest absolute Gasteiger partial charge is 0.383 e. The SMILES string of the molecule is CC(O)(c1cc(F)cc(F)c1)C(Cl)Cl. The Morgan fingerprint density at radius 1 is 1.21 bits per heavy atom. The van der Waals surface area contributed by atoms with Gasteiger partial charge in [0.05, 0.1) is 0 Å². The lowest BCUT2D eigenvalue weighted by molar-refractivity contribution is 0.0713. The Kier molecular flexibility index (Phi) is 3.35. The lowest BCUT2D eigenvalue weighted by Crippen LogP contribution is -2.29. The molecular weight excluding hydrogens is 233 g/mol. The normalized spacial score (nSPS) is 15.6. The second-order valence-electron chi connectivity index (χ2n) is 3.11. The summed E-state index contributed by atoms with van der Waals surface area (Å²) in [5.41, 5.74) is -1.67. The first kappa shape index (κ1) is 11.7. The summed E-state index contributed by atoms with van der Waals surface area (Å²) >= 11 is 11.0. The number of hydrogen-bond donors (Lipinski definition) is 1. The Hall–Kier alpha value is -0.380. The highest BCUT2D eigenvalue weighted by molar-refractivity contribution is 6.45. The van der Waals surface area contributed by atoms with Gasteiger partial charge in [-0.3, -0.25) is 0 Å². The van der Waals surface area contributed by atoms with Crippen molar-refractivity contribution in [1.29, 1.82) is 0 Å². The molecule has 0 amide bonds. The van der Waals surface area contributed by atoms with Crippen LogP contribution in [-0.2, 0) is 5.60 Å². The van der Waals surface area contributed by atoms with E-state index in [4.69, 9.17) is 23.2 Å². The van der Waals surface area contributed by atoms with Crippen molar-refractivity contribution in [3.63, 3.8) is 0 Å². The van der Waals surface area contributed by atoms with Gasteiger partial charge in [0.1, 0.15) is 22.1 Å². The Bertz CT molecular complexity index is 319. The first-order valence-electron chi connectivity index (χ1n) is 3.81. The van der Waals surface area contributed by atoms with Gasteiger partial charge in [0.2, 0.25) is 0 Å². The van der Waals surface area contributed by atoms with Crippen LogP contribution in [0.1, 0.15) is 12.5 Å². The van der Waals surface area contributed by atoms with E-state index < -0.39 is 22.1 Å². The first-order chi connectivity index (χ1) is 6.34. The summed E-state index contributed by atoms with van der Waals surface area (Å²) < 4.78 is 25.6. The van der Waals surface area contributed by atoms with Crippen molar-refractivity contribution in [3.05, 3.63) is 35.4 Å². The van der Waals surface area contributed by atoms with Crippen molar-refractivity contribution in [2.75, 3.05) is 0 Å². The number of benzene rings is 1. The minimum atomic E-state index is -1.67. The molecule has 1 N–H and O–H groups in total. The molecule has 1 rings (SSSR count). The molecule has 0 aliphatic heterocycles. The second-order valence-corrected chi connectivity index (χ2v) is 4.20. The third-order valence-corrected chi connectivity index (χ3v) is 2.72.